The first kappa shape index (κ1) is 18.9. The predicted molar refractivity (Wildman–Crippen MR) is 94.9 cm³/mol. The topological polar surface area (TPSA) is 105 Å². The lowest BCUT2D eigenvalue weighted by molar-refractivity contribution is -0.138. The molecule has 0 fully saturated rings. The van der Waals surface area contributed by atoms with Crippen molar-refractivity contribution in [2.75, 3.05) is 6.61 Å². The lowest BCUT2D eigenvalue weighted by Crippen LogP contribution is -2.06. The summed E-state index contributed by atoms with van der Waals surface area (Å²) in [6.45, 7) is 3.98. The Balaban J connectivity index is 2.47. The third-order valence-electron chi connectivity index (χ3n) is 3.59. The molecule has 0 aliphatic heterocycles. The van der Waals surface area contributed by atoms with Crippen LogP contribution in [0.3, 0.4) is 0 Å². The number of aromatic nitrogens is 2. The van der Waals surface area contributed by atoms with Crippen molar-refractivity contribution in [1.82, 2.24) is 9.78 Å². The van der Waals surface area contributed by atoms with Crippen LogP contribution >= 0.6 is 0 Å². The van der Waals surface area contributed by atoms with Gasteiger partial charge in [-0.2, -0.15) is 10.4 Å². The molecule has 1 heterocycles. The fourth-order valence-corrected chi connectivity index (χ4v) is 2.30. The minimum Gasteiger partial charge on any atom is -0.481 e. The number of aryl methyl sites for hydroxylation is 2. The van der Waals surface area contributed by atoms with E-state index in [-0.39, 0.29) is 25.1 Å². The van der Waals surface area contributed by atoms with E-state index >= 15 is 0 Å². The fraction of sp³-hybridized carbons (Fsp3) is 0.263. The number of nitriles is 1. The van der Waals surface area contributed by atoms with Crippen molar-refractivity contribution in [2.24, 2.45) is 0 Å². The van der Waals surface area contributed by atoms with Crippen LogP contribution < -0.4 is 0 Å². The molecular formula is C19H19N3O4. The molecule has 0 aliphatic carbocycles. The summed E-state index contributed by atoms with van der Waals surface area (Å²) < 4.78 is 6.37. The highest BCUT2D eigenvalue weighted by Gasteiger charge is 2.15. The molecule has 1 aromatic carbocycles. The average molecular weight is 353 g/mol. The summed E-state index contributed by atoms with van der Waals surface area (Å²) >= 11 is 0. The first-order valence-corrected chi connectivity index (χ1v) is 8.09. The highest BCUT2D eigenvalue weighted by Crippen LogP contribution is 2.25. The number of aliphatic carboxylic acids is 1. The SMILES string of the molecule is CCOC(=O)/C(C#N)=C\c1cn(CCC(=O)O)nc1-c1ccc(C)cc1. The van der Waals surface area contributed by atoms with E-state index in [0.29, 0.717) is 11.3 Å². The molecule has 0 aliphatic rings. The van der Waals surface area contributed by atoms with Crippen LogP contribution in [0.4, 0.5) is 0 Å². The monoisotopic (exact) mass is 353 g/mol. The number of carbonyl (C=O) groups excluding carboxylic acids is 1. The number of carboxylic acids is 1. The van der Waals surface area contributed by atoms with Crippen molar-refractivity contribution in [1.29, 1.82) is 5.26 Å². The molecule has 2 rings (SSSR count). The quantitative estimate of drug-likeness (QED) is 0.466. The zero-order chi connectivity index (χ0) is 19.1. The van der Waals surface area contributed by atoms with Gasteiger partial charge in [0.2, 0.25) is 0 Å². The highest BCUT2D eigenvalue weighted by molar-refractivity contribution is 5.98. The van der Waals surface area contributed by atoms with E-state index in [1.807, 2.05) is 37.3 Å². The molecule has 1 N–H and O–H groups in total. The molecular weight excluding hydrogens is 334 g/mol. The molecule has 0 bridgehead atoms. The van der Waals surface area contributed by atoms with E-state index < -0.39 is 11.9 Å². The molecule has 0 saturated carbocycles. The molecule has 0 radical (unpaired) electrons. The van der Waals surface area contributed by atoms with Crippen LogP contribution in [-0.4, -0.2) is 33.4 Å². The van der Waals surface area contributed by atoms with Crippen LogP contribution in [0.15, 0.2) is 36.0 Å². The van der Waals surface area contributed by atoms with Gasteiger partial charge in [-0.05, 0) is 19.9 Å². The minimum absolute atomic E-state index is 0.0822. The molecule has 0 unspecified atom stereocenters. The zero-order valence-corrected chi connectivity index (χ0v) is 14.6. The largest absolute Gasteiger partial charge is 0.481 e. The van der Waals surface area contributed by atoms with Gasteiger partial charge in [-0.15, -0.1) is 0 Å². The molecule has 1 aromatic heterocycles. The van der Waals surface area contributed by atoms with Crippen LogP contribution in [0.2, 0.25) is 0 Å². The van der Waals surface area contributed by atoms with Crippen LogP contribution in [0.25, 0.3) is 17.3 Å². The van der Waals surface area contributed by atoms with Gasteiger partial charge in [0.1, 0.15) is 11.6 Å². The lowest BCUT2D eigenvalue weighted by atomic mass is 10.0. The van der Waals surface area contributed by atoms with Crippen LogP contribution in [0.5, 0.6) is 0 Å². The van der Waals surface area contributed by atoms with Crippen LogP contribution in [0, 0.1) is 18.3 Å². The van der Waals surface area contributed by atoms with Gasteiger partial charge in [0.05, 0.1) is 25.3 Å². The molecule has 0 amide bonds. The van der Waals surface area contributed by atoms with Gasteiger partial charge in [0.15, 0.2) is 0 Å². The highest BCUT2D eigenvalue weighted by atomic mass is 16.5. The second-order valence-electron chi connectivity index (χ2n) is 5.60. The summed E-state index contributed by atoms with van der Waals surface area (Å²) in [5, 5.41) is 22.5. The van der Waals surface area contributed by atoms with Crippen molar-refractivity contribution in [2.45, 2.75) is 26.8 Å². The molecule has 0 spiro atoms. The van der Waals surface area contributed by atoms with Crippen LogP contribution in [0.1, 0.15) is 24.5 Å². The molecule has 26 heavy (non-hydrogen) atoms. The third-order valence-corrected chi connectivity index (χ3v) is 3.59. The number of hydrogen-bond acceptors (Lipinski definition) is 5. The number of rotatable bonds is 7. The first-order chi connectivity index (χ1) is 12.4. The van der Waals surface area contributed by atoms with Crippen molar-refractivity contribution in [3.8, 4) is 17.3 Å². The fourth-order valence-electron chi connectivity index (χ4n) is 2.30. The van der Waals surface area contributed by atoms with Gasteiger partial charge in [-0.3, -0.25) is 9.48 Å². The van der Waals surface area contributed by atoms with E-state index in [0.717, 1.165) is 11.1 Å². The van der Waals surface area contributed by atoms with E-state index in [4.69, 9.17) is 9.84 Å². The van der Waals surface area contributed by atoms with Crippen molar-refractivity contribution < 1.29 is 19.4 Å². The van der Waals surface area contributed by atoms with Gasteiger partial charge in [-0.1, -0.05) is 29.8 Å². The zero-order valence-electron chi connectivity index (χ0n) is 14.6. The molecule has 7 nitrogen and oxygen atoms in total. The minimum atomic E-state index is -0.932. The summed E-state index contributed by atoms with van der Waals surface area (Å²) in [7, 11) is 0. The maximum Gasteiger partial charge on any atom is 0.348 e. The van der Waals surface area contributed by atoms with Crippen molar-refractivity contribution >= 4 is 18.0 Å². The Morgan fingerprint density at radius 2 is 2.04 bits per heavy atom. The molecule has 0 atom stereocenters. The number of esters is 1. The molecule has 2 aromatic rings. The van der Waals surface area contributed by atoms with Gasteiger partial charge >= 0.3 is 11.9 Å². The Morgan fingerprint density at radius 3 is 2.62 bits per heavy atom. The lowest BCUT2D eigenvalue weighted by Gasteiger charge is -2.02. The van der Waals surface area contributed by atoms with Gasteiger partial charge in [0.25, 0.3) is 0 Å². The Hall–Kier alpha value is -3.40. The second-order valence-corrected chi connectivity index (χ2v) is 5.60. The van der Waals surface area contributed by atoms with E-state index in [1.165, 1.54) is 10.8 Å². The third kappa shape index (κ3) is 4.80. The maximum atomic E-state index is 11.9. The van der Waals surface area contributed by atoms with Crippen molar-refractivity contribution in [3.63, 3.8) is 0 Å². The Morgan fingerprint density at radius 1 is 1.35 bits per heavy atom. The second kappa shape index (κ2) is 8.62. The standard InChI is InChI=1S/C19H19N3O4/c1-3-26-19(25)15(11-20)10-16-12-22(9-8-17(23)24)21-18(16)14-6-4-13(2)5-7-14/h4-7,10,12H,3,8-9H2,1-2H3,(H,23,24)/b15-10-. The summed E-state index contributed by atoms with van der Waals surface area (Å²) in [5.41, 5.74) is 2.85. The van der Waals surface area contributed by atoms with Crippen molar-refractivity contribution in [3.05, 3.63) is 47.2 Å². The Labute approximate surface area is 151 Å². The smallest absolute Gasteiger partial charge is 0.348 e. The summed E-state index contributed by atoms with van der Waals surface area (Å²) in [4.78, 5) is 22.7. The normalized spacial score (nSPS) is 11.0. The van der Waals surface area contributed by atoms with Gasteiger partial charge in [0, 0.05) is 17.3 Å². The number of benzene rings is 1. The number of ether oxygens (including phenoxy) is 1. The molecule has 134 valence electrons. The number of nitrogens with zero attached hydrogens (tertiary/aromatic N) is 3. The molecule has 0 saturated heterocycles. The summed E-state index contributed by atoms with van der Waals surface area (Å²) in [6.07, 6.45) is 2.95. The van der Waals surface area contributed by atoms with Gasteiger partial charge < -0.3 is 9.84 Å². The average Bonchev–Trinajstić information content (AvgIpc) is 3.01. The van der Waals surface area contributed by atoms with E-state index in [1.54, 1.807) is 13.1 Å². The number of carboxylic acid groups (broad SMARTS) is 1. The van der Waals surface area contributed by atoms with Gasteiger partial charge in [-0.25, -0.2) is 4.79 Å². The Bertz CT molecular complexity index is 873. The summed E-state index contributed by atoms with van der Waals surface area (Å²) in [5.74, 6) is -1.64. The first-order valence-electron chi connectivity index (χ1n) is 8.09. The Kier molecular flexibility index (Phi) is 6.28. The number of hydrogen-bond donors (Lipinski definition) is 1. The number of carbonyl (C=O) groups is 2. The summed E-state index contributed by atoms with van der Waals surface area (Å²) in [6, 6.07) is 9.45. The van der Waals surface area contributed by atoms with Crippen LogP contribution in [-0.2, 0) is 20.9 Å². The maximum absolute atomic E-state index is 11.9. The predicted octanol–water partition coefficient (Wildman–Crippen LogP) is 2.80. The molecule has 7 heteroatoms. The van der Waals surface area contributed by atoms with E-state index in [9.17, 15) is 14.9 Å². The van der Waals surface area contributed by atoms with E-state index in [2.05, 4.69) is 5.10 Å².